The highest BCUT2D eigenvalue weighted by Crippen LogP contribution is 2.26. The van der Waals surface area contributed by atoms with E-state index < -0.39 is 11.4 Å². The second kappa shape index (κ2) is 11.6. The van der Waals surface area contributed by atoms with Crippen LogP contribution in [0.25, 0.3) is 16.9 Å². The van der Waals surface area contributed by atoms with Crippen LogP contribution >= 0.6 is 0 Å². The van der Waals surface area contributed by atoms with Gasteiger partial charge in [0.2, 0.25) is 11.9 Å². The fourth-order valence-electron chi connectivity index (χ4n) is 4.16. The molecule has 2 heterocycles. The van der Waals surface area contributed by atoms with Crippen LogP contribution in [0.5, 0.6) is 5.75 Å². The van der Waals surface area contributed by atoms with Crippen LogP contribution in [0.1, 0.15) is 33.6 Å². The van der Waals surface area contributed by atoms with Crippen molar-refractivity contribution in [2.45, 2.75) is 45.3 Å². The van der Waals surface area contributed by atoms with Gasteiger partial charge in [0.25, 0.3) is 0 Å². The fraction of sp³-hybridized carbons (Fsp3) is 0.393. The Morgan fingerprint density at radius 1 is 1.16 bits per heavy atom. The lowest BCUT2D eigenvalue weighted by Crippen LogP contribution is -2.52. The standard InChI is InChI=1S/C28H34FN5O4/c1-28(2,3)32-27(36)33(16-23-6-5-15-38-23)18-25(35)31-26-30-24(19-7-13-22(37-4)14-8-19)17-34(26)21-11-9-20(29)10-12-21/h7-14,17,23H,5-6,15-16,18H2,1-4H3,(H,32,36)(H,30,31,35). The van der Waals surface area contributed by atoms with Gasteiger partial charge in [-0.3, -0.25) is 14.7 Å². The van der Waals surface area contributed by atoms with Crippen LogP contribution in [0.3, 0.4) is 0 Å². The van der Waals surface area contributed by atoms with Gasteiger partial charge in [-0.1, -0.05) is 0 Å². The van der Waals surface area contributed by atoms with E-state index in [1.165, 1.54) is 17.0 Å². The second-order valence-electron chi connectivity index (χ2n) is 10.3. The number of hydrogen-bond acceptors (Lipinski definition) is 5. The highest BCUT2D eigenvalue weighted by Gasteiger charge is 2.27. The number of benzene rings is 2. The summed E-state index contributed by atoms with van der Waals surface area (Å²) in [5.74, 6) is 0.174. The SMILES string of the molecule is COc1ccc(-c2cn(-c3ccc(F)cc3)c(NC(=O)CN(CC3CCCO3)C(=O)NC(C)(C)C)n2)cc1. The van der Waals surface area contributed by atoms with Crippen LogP contribution in [0.15, 0.2) is 54.7 Å². The van der Waals surface area contributed by atoms with Gasteiger partial charge < -0.3 is 19.7 Å². The van der Waals surface area contributed by atoms with Crippen molar-refractivity contribution in [3.63, 3.8) is 0 Å². The van der Waals surface area contributed by atoms with Crippen molar-refractivity contribution in [2.24, 2.45) is 0 Å². The summed E-state index contributed by atoms with van der Waals surface area (Å²) in [5, 5.41) is 5.77. The molecule has 0 saturated carbocycles. The van der Waals surface area contributed by atoms with Crippen molar-refractivity contribution in [2.75, 3.05) is 32.1 Å². The lowest BCUT2D eigenvalue weighted by atomic mass is 10.1. The summed E-state index contributed by atoms with van der Waals surface area (Å²) in [7, 11) is 1.59. The van der Waals surface area contributed by atoms with Crippen molar-refractivity contribution < 1.29 is 23.5 Å². The molecule has 3 amide bonds. The summed E-state index contributed by atoms with van der Waals surface area (Å²) in [5.41, 5.74) is 1.57. The molecule has 1 saturated heterocycles. The highest BCUT2D eigenvalue weighted by molar-refractivity contribution is 5.93. The lowest BCUT2D eigenvalue weighted by Gasteiger charge is -2.29. The number of methoxy groups -OCH3 is 1. The van der Waals surface area contributed by atoms with E-state index in [2.05, 4.69) is 15.6 Å². The molecule has 1 aromatic heterocycles. The molecule has 10 heteroatoms. The van der Waals surface area contributed by atoms with Crippen LogP contribution in [0.4, 0.5) is 15.1 Å². The van der Waals surface area contributed by atoms with Gasteiger partial charge in [0, 0.05) is 36.1 Å². The summed E-state index contributed by atoms with van der Waals surface area (Å²) in [4.78, 5) is 32.3. The number of halogens is 1. The number of ether oxygens (including phenoxy) is 2. The first-order chi connectivity index (χ1) is 18.1. The van der Waals surface area contributed by atoms with E-state index in [0.29, 0.717) is 30.3 Å². The molecule has 2 N–H and O–H groups in total. The molecule has 0 aliphatic carbocycles. The number of aromatic nitrogens is 2. The van der Waals surface area contributed by atoms with Crippen LogP contribution in [0.2, 0.25) is 0 Å². The van der Waals surface area contributed by atoms with E-state index >= 15 is 0 Å². The van der Waals surface area contributed by atoms with Crippen molar-refractivity contribution >= 4 is 17.9 Å². The lowest BCUT2D eigenvalue weighted by molar-refractivity contribution is -0.117. The van der Waals surface area contributed by atoms with Crippen LogP contribution in [-0.2, 0) is 9.53 Å². The third kappa shape index (κ3) is 7.10. The summed E-state index contributed by atoms with van der Waals surface area (Å²) in [6.45, 7) is 6.42. The van der Waals surface area contributed by atoms with Gasteiger partial charge in [-0.15, -0.1) is 0 Å². The molecule has 9 nitrogen and oxygen atoms in total. The topological polar surface area (TPSA) is 97.7 Å². The average Bonchev–Trinajstić information content (AvgIpc) is 3.53. The molecule has 1 unspecified atom stereocenters. The quantitative estimate of drug-likeness (QED) is 0.449. The monoisotopic (exact) mass is 523 g/mol. The first-order valence-corrected chi connectivity index (χ1v) is 12.6. The van der Waals surface area contributed by atoms with Gasteiger partial charge in [0.05, 0.1) is 18.9 Å². The Morgan fingerprint density at radius 3 is 2.47 bits per heavy atom. The number of imidazole rings is 1. The number of urea groups is 1. The number of anilines is 1. The van der Waals surface area contributed by atoms with Gasteiger partial charge >= 0.3 is 6.03 Å². The third-order valence-electron chi connectivity index (χ3n) is 6.00. The maximum absolute atomic E-state index is 13.6. The number of amides is 3. The molecular weight excluding hydrogens is 489 g/mol. The Kier molecular flexibility index (Phi) is 8.31. The Morgan fingerprint density at radius 2 is 1.87 bits per heavy atom. The minimum atomic E-state index is -0.464. The maximum Gasteiger partial charge on any atom is 0.318 e. The van der Waals surface area contributed by atoms with Gasteiger partial charge in [-0.2, -0.15) is 0 Å². The number of carbonyl (C=O) groups is 2. The summed E-state index contributed by atoms with van der Waals surface area (Å²) in [6, 6.07) is 12.9. The Hall–Kier alpha value is -3.92. The van der Waals surface area contributed by atoms with Crippen LogP contribution in [0, 0.1) is 5.82 Å². The summed E-state index contributed by atoms with van der Waals surface area (Å²) < 4.78 is 26.2. The van der Waals surface area contributed by atoms with Gasteiger partial charge in [-0.25, -0.2) is 14.2 Å². The third-order valence-corrected chi connectivity index (χ3v) is 6.00. The van der Waals surface area contributed by atoms with Crippen molar-refractivity contribution in [1.82, 2.24) is 19.8 Å². The zero-order valence-electron chi connectivity index (χ0n) is 22.2. The highest BCUT2D eigenvalue weighted by atomic mass is 19.1. The molecule has 202 valence electrons. The number of carbonyl (C=O) groups excluding carboxylic acids is 2. The molecule has 2 aromatic carbocycles. The molecule has 3 aromatic rings. The summed E-state index contributed by atoms with van der Waals surface area (Å²) in [6.07, 6.45) is 3.41. The van der Waals surface area contributed by atoms with Crippen molar-refractivity contribution in [3.8, 4) is 22.7 Å². The molecule has 1 aliphatic heterocycles. The molecule has 38 heavy (non-hydrogen) atoms. The number of nitrogens with zero attached hydrogens (tertiary/aromatic N) is 3. The fourth-order valence-corrected chi connectivity index (χ4v) is 4.16. The number of nitrogens with one attached hydrogen (secondary N) is 2. The Labute approximate surface area is 221 Å². The molecule has 1 fully saturated rings. The average molecular weight is 524 g/mol. The van der Waals surface area contributed by atoms with E-state index in [9.17, 15) is 14.0 Å². The largest absolute Gasteiger partial charge is 0.497 e. The van der Waals surface area contributed by atoms with Gasteiger partial charge in [-0.05, 0) is 82.1 Å². The molecule has 0 bridgehead atoms. The molecular formula is C28H34FN5O4. The van der Waals surface area contributed by atoms with E-state index in [-0.39, 0.29) is 30.4 Å². The minimum absolute atomic E-state index is 0.114. The van der Waals surface area contributed by atoms with Crippen LogP contribution in [-0.4, -0.2) is 64.8 Å². The van der Waals surface area contributed by atoms with Crippen molar-refractivity contribution in [1.29, 1.82) is 0 Å². The van der Waals surface area contributed by atoms with Gasteiger partial charge in [0.15, 0.2) is 0 Å². The van der Waals surface area contributed by atoms with E-state index in [1.54, 1.807) is 30.0 Å². The Balaban J connectivity index is 1.58. The summed E-state index contributed by atoms with van der Waals surface area (Å²) >= 11 is 0. The van der Waals surface area contributed by atoms with Crippen LogP contribution < -0.4 is 15.4 Å². The molecule has 0 spiro atoms. The molecule has 4 rings (SSSR count). The smallest absolute Gasteiger partial charge is 0.318 e. The van der Waals surface area contributed by atoms with Crippen molar-refractivity contribution in [3.05, 3.63) is 60.5 Å². The zero-order chi connectivity index (χ0) is 27.3. The number of hydrogen-bond donors (Lipinski definition) is 2. The Bertz CT molecular complexity index is 1250. The predicted octanol–water partition coefficient (Wildman–Crippen LogP) is 4.61. The predicted molar refractivity (Wildman–Crippen MR) is 143 cm³/mol. The first-order valence-electron chi connectivity index (χ1n) is 12.6. The van der Waals surface area contributed by atoms with E-state index in [4.69, 9.17) is 9.47 Å². The molecule has 1 atom stereocenters. The molecule has 1 aliphatic rings. The maximum atomic E-state index is 13.6. The second-order valence-corrected chi connectivity index (χ2v) is 10.3. The number of rotatable bonds is 8. The molecule has 0 radical (unpaired) electrons. The van der Waals surface area contributed by atoms with E-state index in [1.807, 2.05) is 45.0 Å². The first kappa shape index (κ1) is 27.1. The zero-order valence-corrected chi connectivity index (χ0v) is 22.2. The van der Waals surface area contributed by atoms with E-state index in [0.717, 1.165) is 18.4 Å². The minimum Gasteiger partial charge on any atom is -0.497 e. The normalized spacial score (nSPS) is 15.2. The van der Waals surface area contributed by atoms with Gasteiger partial charge in [0.1, 0.15) is 18.1 Å².